The van der Waals surface area contributed by atoms with Crippen molar-refractivity contribution in [2.45, 2.75) is 6.42 Å². The molecule has 1 aliphatic rings. The molecule has 0 bridgehead atoms. The van der Waals surface area contributed by atoms with Crippen molar-refractivity contribution in [3.05, 3.63) is 27.7 Å². The van der Waals surface area contributed by atoms with Gasteiger partial charge in [0.05, 0.1) is 11.1 Å². The monoisotopic (exact) mass is 234 g/mol. The Labute approximate surface area is 76.5 Å². The summed E-state index contributed by atoms with van der Waals surface area (Å²) in [5.41, 5.74) is 0.335. The summed E-state index contributed by atoms with van der Waals surface area (Å²) in [5.74, 6) is -1.18. The van der Waals surface area contributed by atoms with Crippen molar-refractivity contribution in [3.63, 3.8) is 0 Å². The predicted molar refractivity (Wildman–Crippen MR) is 43.3 cm³/mol. The normalized spacial score (nSPS) is 14.2. The van der Waals surface area contributed by atoms with Gasteiger partial charge in [0.15, 0.2) is 11.6 Å². The molecule has 0 radical (unpaired) electrons. The fraction of sp³-hybridized carbons (Fsp3) is 0.250. The second-order valence-electron chi connectivity index (χ2n) is 2.56. The minimum absolute atomic E-state index is 0.335. The van der Waals surface area contributed by atoms with Gasteiger partial charge in [0, 0.05) is 12.0 Å². The second-order valence-corrected chi connectivity index (χ2v) is 3.41. The van der Waals surface area contributed by atoms with E-state index in [1.165, 1.54) is 0 Å². The first-order chi connectivity index (χ1) is 5.70. The van der Waals surface area contributed by atoms with Crippen molar-refractivity contribution in [1.29, 1.82) is 0 Å². The molecule has 1 aliphatic heterocycles. The number of ether oxygens (including phenoxy) is 1. The Bertz CT molecular complexity index is 338. The third-order valence-electron chi connectivity index (χ3n) is 1.82. The fourth-order valence-electron chi connectivity index (χ4n) is 1.26. The van der Waals surface area contributed by atoms with E-state index in [9.17, 15) is 8.78 Å². The lowest BCUT2D eigenvalue weighted by atomic mass is 10.1. The van der Waals surface area contributed by atoms with Crippen molar-refractivity contribution in [1.82, 2.24) is 0 Å². The molecule has 0 aromatic heterocycles. The van der Waals surface area contributed by atoms with Crippen LogP contribution < -0.4 is 4.74 Å². The molecule has 4 heteroatoms. The van der Waals surface area contributed by atoms with Gasteiger partial charge in [0.1, 0.15) is 5.75 Å². The summed E-state index contributed by atoms with van der Waals surface area (Å²) in [6.07, 6.45) is 0.442. The van der Waals surface area contributed by atoms with E-state index in [0.29, 0.717) is 28.8 Å². The molecule has 0 spiro atoms. The van der Waals surface area contributed by atoms with Crippen LogP contribution in [-0.2, 0) is 6.42 Å². The summed E-state index contributed by atoms with van der Waals surface area (Å²) < 4.78 is 31.4. The van der Waals surface area contributed by atoms with Gasteiger partial charge in [-0.05, 0) is 22.0 Å². The predicted octanol–water partition coefficient (Wildman–Crippen LogP) is 2.66. The first-order valence-electron chi connectivity index (χ1n) is 3.49. The first-order valence-corrected chi connectivity index (χ1v) is 4.28. The van der Waals surface area contributed by atoms with Gasteiger partial charge in [-0.2, -0.15) is 0 Å². The molecule has 0 aliphatic carbocycles. The van der Waals surface area contributed by atoms with Crippen LogP contribution in [-0.4, -0.2) is 6.61 Å². The van der Waals surface area contributed by atoms with Crippen LogP contribution in [0.5, 0.6) is 5.75 Å². The number of hydrogen-bond acceptors (Lipinski definition) is 1. The highest BCUT2D eigenvalue weighted by molar-refractivity contribution is 9.10. The van der Waals surface area contributed by atoms with Crippen molar-refractivity contribution >= 4 is 15.9 Å². The third-order valence-corrected chi connectivity index (χ3v) is 2.41. The molecule has 0 fully saturated rings. The van der Waals surface area contributed by atoms with Gasteiger partial charge in [-0.3, -0.25) is 0 Å². The lowest BCUT2D eigenvalue weighted by Crippen LogP contribution is -1.91. The van der Waals surface area contributed by atoms with Crippen LogP contribution >= 0.6 is 15.9 Å². The maximum Gasteiger partial charge on any atom is 0.165 e. The van der Waals surface area contributed by atoms with Crippen LogP contribution in [0.1, 0.15) is 5.56 Å². The van der Waals surface area contributed by atoms with Gasteiger partial charge >= 0.3 is 0 Å². The Kier molecular flexibility index (Phi) is 1.79. The zero-order valence-corrected chi connectivity index (χ0v) is 7.62. The molecule has 2 rings (SSSR count). The Balaban J connectivity index is 2.69. The molecular weight excluding hydrogens is 230 g/mol. The van der Waals surface area contributed by atoms with Gasteiger partial charge in [-0.25, -0.2) is 8.78 Å². The summed E-state index contributed by atoms with van der Waals surface area (Å²) in [7, 11) is 0. The van der Waals surface area contributed by atoms with Gasteiger partial charge in [-0.1, -0.05) is 0 Å². The largest absolute Gasteiger partial charge is 0.492 e. The first kappa shape index (κ1) is 7.98. The van der Waals surface area contributed by atoms with E-state index in [2.05, 4.69) is 15.9 Å². The maximum atomic E-state index is 13.0. The van der Waals surface area contributed by atoms with E-state index >= 15 is 0 Å². The molecule has 1 aromatic rings. The van der Waals surface area contributed by atoms with E-state index in [0.717, 1.165) is 6.07 Å². The third kappa shape index (κ3) is 1.02. The second kappa shape index (κ2) is 2.69. The molecule has 12 heavy (non-hydrogen) atoms. The van der Waals surface area contributed by atoms with Crippen LogP contribution in [0.25, 0.3) is 0 Å². The Morgan fingerprint density at radius 1 is 1.42 bits per heavy atom. The van der Waals surface area contributed by atoms with E-state index < -0.39 is 11.6 Å². The van der Waals surface area contributed by atoms with Gasteiger partial charge < -0.3 is 4.74 Å². The van der Waals surface area contributed by atoms with Crippen molar-refractivity contribution in [2.24, 2.45) is 0 Å². The van der Waals surface area contributed by atoms with Crippen LogP contribution in [0.3, 0.4) is 0 Å². The summed E-state index contributed by atoms with van der Waals surface area (Å²) in [4.78, 5) is 0. The van der Waals surface area contributed by atoms with Gasteiger partial charge in [0.25, 0.3) is 0 Å². The number of hydrogen-bond donors (Lipinski definition) is 0. The number of halogens is 3. The maximum absolute atomic E-state index is 13.0. The molecule has 0 saturated carbocycles. The van der Waals surface area contributed by atoms with E-state index in [4.69, 9.17) is 4.74 Å². The molecule has 64 valence electrons. The highest BCUT2D eigenvalue weighted by Crippen LogP contribution is 2.36. The highest BCUT2D eigenvalue weighted by Gasteiger charge is 2.22. The molecule has 0 atom stereocenters. The summed E-state index contributed by atoms with van der Waals surface area (Å²) in [5, 5.41) is 0. The van der Waals surface area contributed by atoms with Gasteiger partial charge in [0.2, 0.25) is 0 Å². The smallest absolute Gasteiger partial charge is 0.165 e. The minimum atomic E-state index is -0.828. The molecule has 0 N–H and O–H groups in total. The number of rotatable bonds is 0. The molecule has 1 nitrogen and oxygen atoms in total. The quantitative estimate of drug-likeness (QED) is 0.628. The molecule has 0 amide bonds. The average Bonchev–Trinajstić information content (AvgIpc) is 2.48. The van der Waals surface area contributed by atoms with E-state index in [-0.39, 0.29) is 0 Å². The SMILES string of the molecule is Fc1cc(Br)c2c(c1F)CCO2. The van der Waals surface area contributed by atoms with Crippen molar-refractivity contribution < 1.29 is 13.5 Å². The number of benzene rings is 1. The van der Waals surface area contributed by atoms with Crippen molar-refractivity contribution in [2.75, 3.05) is 6.61 Å². The minimum Gasteiger partial charge on any atom is -0.492 e. The Morgan fingerprint density at radius 3 is 2.92 bits per heavy atom. The highest BCUT2D eigenvalue weighted by atomic mass is 79.9. The van der Waals surface area contributed by atoms with Crippen LogP contribution in [0, 0.1) is 11.6 Å². The van der Waals surface area contributed by atoms with Crippen LogP contribution in [0.15, 0.2) is 10.5 Å². The zero-order chi connectivity index (χ0) is 8.72. The molecular formula is C8H5BrF2O. The average molecular weight is 235 g/mol. The number of fused-ring (bicyclic) bond motifs is 1. The molecule has 0 saturated heterocycles. The van der Waals surface area contributed by atoms with Crippen molar-refractivity contribution in [3.8, 4) is 5.75 Å². The zero-order valence-electron chi connectivity index (χ0n) is 6.03. The molecule has 1 heterocycles. The lowest BCUT2D eigenvalue weighted by Gasteiger charge is -2.03. The summed E-state index contributed by atoms with van der Waals surface area (Å²) in [6, 6.07) is 1.08. The van der Waals surface area contributed by atoms with Crippen LogP contribution in [0.2, 0.25) is 0 Å². The summed E-state index contributed by atoms with van der Waals surface area (Å²) >= 11 is 3.10. The summed E-state index contributed by atoms with van der Waals surface area (Å²) in [6.45, 7) is 0.425. The molecule has 0 unspecified atom stereocenters. The fourth-order valence-corrected chi connectivity index (χ4v) is 1.82. The molecule has 1 aromatic carbocycles. The Morgan fingerprint density at radius 2 is 2.17 bits per heavy atom. The Hall–Kier alpha value is -0.640. The van der Waals surface area contributed by atoms with E-state index in [1.54, 1.807) is 0 Å². The lowest BCUT2D eigenvalue weighted by molar-refractivity contribution is 0.354. The topological polar surface area (TPSA) is 9.23 Å². The van der Waals surface area contributed by atoms with Crippen LogP contribution in [0.4, 0.5) is 8.78 Å². The van der Waals surface area contributed by atoms with Gasteiger partial charge in [-0.15, -0.1) is 0 Å². The van der Waals surface area contributed by atoms with E-state index in [1.807, 2.05) is 0 Å². The standard InChI is InChI=1S/C8H5BrF2O/c9-5-3-6(10)7(11)4-1-2-12-8(4)5/h3H,1-2H2.